The SMILES string of the molecule is O=C(Nc1cnsn1)N1CCC(Cn2ccnn2)C1. The summed E-state index contributed by atoms with van der Waals surface area (Å²) in [6, 6.07) is -0.117. The van der Waals surface area contributed by atoms with E-state index in [2.05, 4.69) is 24.4 Å². The van der Waals surface area contributed by atoms with Gasteiger partial charge in [-0.25, -0.2) is 4.79 Å². The van der Waals surface area contributed by atoms with Gasteiger partial charge in [-0.1, -0.05) is 5.21 Å². The van der Waals surface area contributed by atoms with Crippen LogP contribution >= 0.6 is 11.7 Å². The number of anilines is 1. The van der Waals surface area contributed by atoms with E-state index in [9.17, 15) is 4.79 Å². The van der Waals surface area contributed by atoms with Gasteiger partial charge in [-0.15, -0.1) is 5.10 Å². The van der Waals surface area contributed by atoms with Crippen LogP contribution in [0.4, 0.5) is 10.6 Å². The number of nitrogens with zero attached hydrogens (tertiary/aromatic N) is 6. The third kappa shape index (κ3) is 2.87. The van der Waals surface area contributed by atoms with E-state index in [1.807, 2.05) is 6.20 Å². The molecule has 1 saturated heterocycles. The number of amides is 2. The van der Waals surface area contributed by atoms with Gasteiger partial charge in [0.15, 0.2) is 5.82 Å². The molecule has 1 atom stereocenters. The number of aromatic nitrogens is 5. The number of carbonyl (C=O) groups excluding carboxylic acids is 1. The fourth-order valence-electron chi connectivity index (χ4n) is 2.17. The summed E-state index contributed by atoms with van der Waals surface area (Å²) in [4.78, 5) is 13.8. The van der Waals surface area contributed by atoms with Crippen LogP contribution in [0.25, 0.3) is 0 Å². The Morgan fingerprint density at radius 2 is 2.53 bits per heavy atom. The molecule has 3 rings (SSSR count). The Kier molecular flexibility index (Phi) is 3.36. The maximum Gasteiger partial charge on any atom is 0.323 e. The van der Waals surface area contributed by atoms with Crippen LogP contribution in [-0.4, -0.2) is 47.8 Å². The van der Waals surface area contributed by atoms with Crippen LogP contribution in [0.3, 0.4) is 0 Å². The molecular weight excluding hydrogens is 266 g/mol. The Bertz CT molecular complexity index is 526. The summed E-state index contributed by atoms with van der Waals surface area (Å²) in [6.07, 6.45) is 6.02. The van der Waals surface area contributed by atoms with Crippen molar-refractivity contribution in [1.82, 2.24) is 28.6 Å². The number of urea groups is 1. The minimum absolute atomic E-state index is 0.117. The Labute approximate surface area is 113 Å². The van der Waals surface area contributed by atoms with Crippen LogP contribution in [0.15, 0.2) is 18.6 Å². The van der Waals surface area contributed by atoms with Gasteiger partial charge in [0.2, 0.25) is 0 Å². The van der Waals surface area contributed by atoms with Gasteiger partial charge in [-0.2, -0.15) is 8.75 Å². The molecule has 3 heterocycles. The van der Waals surface area contributed by atoms with Crippen LogP contribution in [0.1, 0.15) is 6.42 Å². The predicted octanol–water partition coefficient (Wildman–Crippen LogP) is 0.684. The van der Waals surface area contributed by atoms with Crippen molar-refractivity contribution in [2.24, 2.45) is 5.92 Å². The minimum atomic E-state index is -0.117. The summed E-state index contributed by atoms with van der Waals surface area (Å²) < 4.78 is 9.60. The number of nitrogens with one attached hydrogen (secondary N) is 1. The highest BCUT2D eigenvalue weighted by molar-refractivity contribution is 6.99. The fraction of sp³-hybridized carbons (Fsp3) is 0.500. The molecule has 1 fully saturated rings. The highest BCUT2D eigenvalue weighted by Gasteiger charge is 2.26. The van der Waals surface area contributed by atoms with E-state index in [0.717, 1.165) is 37.8 Å². The lowest BCUT2D eigenvalue weighted by atomic mass is 10.1. The van der Waals surface area contributed by atoms with Crippen LogP contribution < -0.4 is 5.32 Å². The van der Waals surface area contributed by atoms with Crippen molar-refractivity contribution in [1.29, 1.82) is 0 Å². The van der Waals surface area contributed by atoms with Gasteiger partial charge in [0.05, 0.1) is 24.1 Å². The Morgan fingerprint density at radius 3 is 3.26 bits per heavy atom. The summed E-state index contributed by atoms with van der Waals surface area (Å²) in [5.41, 5.74) is 0. The highest BCUT2D eigenvalue weighted by atomic mass is 32.1. The summed E-state index contributed by atoms with van der Waals surface area (Å²) in [6.45, 7) is 2.27. The average molecular weight is 279 g/mol. The number of rotatable bonds is 3. The van der Waals surface area contributed by atoms with Gasteiger partial charge >= 0.3 is 6.03 Å². The van der Waals surface area contributed by atoms with Crippen molar-refractivity contribution in [2.45, 2.75) is 13.0 Å². The molecule has 0 radical (unpaired) electrons. The van der Waals surface area contributed by atoms with Gasteiger partial charge in [0.1, 0.15) is 0 Å². The van der Waals surface area contributed by atoms with Gasteiger partial charge in [-0.3, -0.25) is 10.00 Å². The van der Waals surface area contributed by atoms with Gasteiger partial charge in [-0.05, 0) is 12.3 Å². The van der Waals surface area contributed by atoms with Crippen molar-refractivity contribution >= 4 is 23.6 Å². The molecule has 9 heteroatoms. The maximum atomic E-state index is 12.0. The fourth-order valence-corrected chi connectivity index (χ4v) is 2.54. The molecule has 0 saturated carbocycles. The molecule has 0 bridgehead atoms. The molecule has 19 heavy (non-hydrogen) atoms. The standard InChI is InChI=1S/C10H13N7OS/c18-10(13-9-5-12-19-14-9)16-3-1-8(6-16)7-17-4-2-11-15-17/h2,4-5,8H,1,3,6-7H2,(H,13,14,18). The lowest BCUT2D eigenvalue weighted by Crippen LogP contribution is -2.33. The van der Waals surface area contributed by atoms with Crippen LogP contribution in [0.2, 0.25) is 0 Å². The van der Waals surface area contributed by atoms with Crippen LogP contribution in [0.5, 0.6) is 0 Å². The van der Waals surface area contributed by atoms with E-state index in [1.165, 1.54) is 0 Å². The van der Waals surface area contributed by atoms with Crippen molar-refractivity contribution in [3.05, 3.63) is 18.6 Å². The molecule has 1 unspecified atom stereocenters. The Hall–Kier alpha value is -2.03. The van der Waals surface area contributed by atoms with Crippen LogP contribution in [-0.2, 0) is 6.54 Å². The van der Waals surface area contributed by atoms with Crippen molar-refractivity contribution in [3.8, 4) is 0 Å². The van der Waals surface area contributed by atoms with Gasteiger partial charge < -0.3 is 4.90 Å². The predicted molar refractivity (Wildman–Crippen MR) is 68.6 cm³/mol. The quantitative estimate of drug-likeness (QED) is 0.892. The molecule has 1 aliphatic heterocycles. The first kappa shape index (κ1) is 12.0. The summed E-state index contributed by atoms with van der Waals surface area (Å²) in [7, 11) is 0. The lowest BCUT2D eigenvalue weighted by Gasteiger charge is -2.16. The molecule has 8 nitrogen and oxygen atoms in total. The molecule has 2 amide bonds. The van der Waals surface area contributed by atoms with Crippen LogP contribution in [0, 0.1) is 5.92 Å². The zero-order valence-corrected chi connectivity index (χ0v) is 11.0. The third-order valence-electron chi connectivity index (χ3n) is 3.09. The van der Waals surface area contributed by atoms with E-state index in [1.54, 1.807) is 22.0 Å². The van der Waals surface area contributed by atoms with Crippen molar-refractivity contribution < 1.29 is 4.79 Å². The van der Waals surface area contributed by atoms with E-state index in [4.69, 9.17) is 0 Å². The average Bonchev–Trinajstić information content (AvgIpc) is 3.10. The first-order valence-corrected chi connectivity index (χ1v) is 6.72. The largest absolute Gasteiger partial charge is 0.324 e. The zero-order valence-electron chi connectivity index (χ0n) is 10.1. The first-order chi connectivity index (χ1) is 9.31. The molecule has 1 N–H and O–H groups in total. The van der Waals surface area contributed by atoms with Crippen molar-refractivity contribution in [3.63, 3.8) is 0 Å². The topological polar surface area (TPSA) is 88.8 Å². The summed E-state index contributed by atoms with van der Waals surface area (Å²) in [5, 5.41) is 10.4. The number of likely N-dealkylation sites (tertiary alicyclic amines) is 1. The molecule has 1 aliphatic rings. The third-order valence-corrected chi connectivity index (χ3v) is 3.56. The first-order valence-electron chi connectivity index (χ1n) is 5.99. The number of hydrogen-bond donors (Lipinski definition) is 1. The normalized spacial score (nSPS) is 18.7. The van der Waals surface area contributed by atoms with E-state index >= 15 is 0 Å². The van der Waals surface area contributed by atoms with Crippen molar-refractivity contribution in [2.75, 3.05) is 18.4 Å². The molecule has 2 aromatic heterocycles. The zero-order chi connectivity index (χ0) is 13.1. The molecule has 0 spiro atoms. The second kappa shape index (κ2) is 5.31. The van der Waals surface area contributed by atoms with Gasteiger partial charge in [0, 0.05) is 25.8 Å². The minimum Gasteiger partial charge on any atom is -0.324 e. The van der Waals surface area contributed by atoms with E-state index in [-0.39, 0.29) is 6.03 Å². The maximum absolute atomic E-state index is 12.0. The Morgan fingerprint density at radius 1 is 1.58 bits per heavy atom. The lowest BCUT2D eigenvalue weighted by molar-refractivity contribution is 0.220. The van der Waals surface area contributed by atoms with E-state index in [0.29, 0.717) is 11.7 Å². The molecule has 2 aromatic rings. The Balaban J connectivity index is 1.52. The van der Waals surface area contributed by atoms with Gasteiger partial charge in [0.25, 0.3) is 0 Å². The molecule has 0 aromatic carbocycles. The second-order valence-corrected chi connectivity index (χ2v) is 5.01. The summed E-state index contributed by atoms with van der Waals surface area (Å²) in [5.74, 6) is 0.927. The molecular formula is C10H13N7OS. The highest BCUT2D eigenvalue weighted by Crippen LogP contribution is 2.18. The molecule has 100 valence electrons. The smallest absolute Gasteiger partial charge is 0.323 e. The molecule has 0 aliphatic carbocycles. The number of carbonyl (C=O) groups is 1. The van der Waals surface area contributed by atoms with E-state index < -0.39 is 0 Å². The summed E-state index contributed by atoms with van der Waals surface area (Å²) >= 11 is 1.08. The number of hydrogen-bond acceptors (Lipinski definition) is 6. The monoisotopic (exact) mass is 279 g/mol. The second-order valence-electron chi connectivity index (χ2n) is 4.45.